The topological polar surface area (TPSA) is 26.7 Å². The van der Waals surface area contributed by atoms with E-state index in [1.165, 1.54) is 31.6 Å². The summed E-state index contributed by atoms with van der Waals surface area (Å²) in [4.78, 5) is 4.83. The van der Waals surface area contributed by atoms with Gasteiger partial charge in [0.25, 0.3) is 0 Å². The molecule has 0 aliphatic carbocycles. The summed E-state index contributed by atoms with van der Waals surface area (Å²) in [6, 6.07) is 8.29. The number of aliphatic hydroxyl groups is 1. The Kier molecular flexibility index (Phi) is 5.23. The smallest absolute Gasteiger partial charge is 0.0787 e. The molecule has 2 rings (SSSR count). The van der Waals surface area contributed by atoms with Crippen LogP contribution >= 0.6 is 0 Å². The number of rotatable bonds is 6. The van der Waals surface area contributed by atoms with Crippen LogP contribution in [0.5, 0.6) is 0 Å². The first kappa shape index (κ1) is 14.4. The summed E-state index contributed by atoms with van der Waals surface area (Å²) in [5.41, 5.74) is 2.24. The molecule has 0 saturated carbocycles. The van der Waals surface area contributed by atoms with E-state index in [-0.39, 0.29) is 6.10 Å². The second-order valence-electron chi connectivity index (χ2n) is 5.49. The van der Waals surface area contributed by atoms with Crippen molar-refractivity contribution in [2.75, 3.05) is 38.1 Å². The fraction of sp³-hybridized carbons (Fsp3) is 0.625. The summed E-state index contributed by atoms with van der Waals surface area (Å²) in [5.74, 6) is 0. The minimum Gasteiger partial charge on any atom is -0.388 e. The summed E-state index contributed by atoms with van der Waals surface area (Å²) < 4.78 is 0. The van der Waals surface area contributed by atoms with E-state index in [0.29, 0.717) is 0 Å². The van der Waals surface area contributed by atoms with Gasteiger partial charge < -0.3 is 14.9 Å². The maximum atomic E-state index is 9.79. The van der Waals surface area contributed by atoms with Gasteiger partial charge >= 0.3 is 0 Å². The molecule has 0 bridgehead atoms. The molecule has 1 fully saturated rings. The molecule has 1 N–H and O–H groups in total. The molecule has 3 nitrogen and oxygen atoms in total. The molecule has 1 saturated heterocycles. The van der Waals surface area contributed by atoms with Crippen molar-refractivity contribution in [3.8, 4) is 0 Å². The highest BCUT2D eigenvalue weighted by Crippen LogP contribution is 2.20. The van der Waals surface area contributed by atoms with Crippen molar-refractivity contribution in [2.45, 2.75) is 32.3 Å². The third-order valence-corrected chi connectivity index (χ3v) is 4.06. The average Bonchev–Trinajstić information content (AvgIpc) is 2.97. The number of hydrogen-bond donors (Lipinski definition) is 1. The zero-order valence-electron chi connectivity index (χ0n) is 12.2. The molecule has 106 valence electrons. The highest BCUT2D eigenvalue weighted by Gasteiger charge is 2.12. The largest absolute Gasteiger partial charge is 0.388 e. The Morgan fingerprint density at radius 1 is 1.21 bits per heavy atom. The molecule has 1 atom stereocenters. The third-order valence-electron chi connectivity index (χ3n) is 4.06. The first-order valence-electron chi connectivity index (χ1n) is 7.42. The number of benzene rings is 1. The predicted octanol–water partition coefficient (Wildman–Crippen LogP) is 2.66. The highest BCUT2D eigenvalue weighted by molar-refractivity contribution is 5.47. The Morgan fingerprint density at radius 3 is 2.42 bits per heavy atom. The standard InChI is InChI=1S/C16H26N2O/c1-3-16(19)14-6-8-15(9-7-14)17(2)12-13-18-10-4-5-11-18/h6-9,16,19H,3-5,10-13H2,1-2H3/t16-/m0/s1. The van der Waals surface area contributed by atoms with Crippen LogP contribution in [0.3, 0.4) is 0 Å². The number of likely N-dealkylation sites (N-methyl/N-ethyl adjacent to an activating group) is 1. The molecule has 0 spiro atoms. The van der Waals surface area contributed by atoms with Crippen LogP contribution in [0, 0.1) is 0 Å². The van der Waals surface area contributed by atoms with Gasteiger partial charge in [-0.05, 0) is 50.0 Å². The molecular weight excluding hydrogens is 236 g/mol. The molecule has 1 aliphatic heterocycles. The monoisotopic (exact) mass is 262 g/mol. The number of nitrogens with zero attached hydrogens (tertiary/aromatic N) is 2. The van der Waals surface area contributed by atoms with E-state index < -0.39 is 0 Å². The van der Waals surface area contributed by atoms with Gasteiger partial charge in [-0.2, -0.15) is 0 Å². The van der Waals surface area contributed by atoms with Crippen LogP contribution in [-0.4, -0.2) is 43.2 Å². The molecule has 0 unspecified atom stereocenters. The Labute approximate surface area is 116 Å². The maximum Gasteiger partial charge on any atom is 0.0787 e. The first-order chi connectivity index (χ1) is 9.20. The van der Waals surface area contributed by atoms with E-state index in [1.807, 2.05) is 19.1 Å². The van der Waals surface area contributed by atoms with E-state index in [4.69, 9.17) is 0 Å². The summed E-state index contributed by atoms with van der Waals surface area (Å²) in [6.07, 6.45) is 3.15. The van der Waals surface area contributed by atoms with Crippen molar-refractivity contribution < 1.29 is 5.11 Å². The maximum absolute atomic E-state index is 9.79. The van der Waals surface area contributed by atoms with Crippen molar-refractivity contribution in [3.63, 3.8) is 0 Å². The average molecular weight is 262 g/mol. The van der Waals surface area contributed by atoms with Crippen molar-refractivity contribution in [1.29, 1.82) is 0 Å². The van der Waals surface area contributed by atoms with Crippen LogP contribution in [0.2, 0.25) is 0 Å². The highest BCUT2D eigenvalue weighted by atomic mass is 16.3. The number of hydrogen-bond acceptors (Lipinski definition) is 3. The second kappa shape index (κ2) is 6.92. The molecule has 3 heteroatoms. The quantitative estimate of drug-likeness (QED) is 0.854. The van der Waals surface area contributed by atoms with E-state index in [9.17, 15) is 5.11 Å². The Hall–Kier alpha value is -1.06. The third kappa shape index (κ3) is 3.95. The van der Waals surface area contributed by atoms with Gasteiger partial charge in [-0.1, -0.05) is 19.1 Å². The van der Waals surface area contributed by atoms with Gasteiger partial charge in [0.15, 0.2) is 0 Å². The van der Waals surface area contributed by atoms with Gasteiger partial charge in [0, 0.05) is 25.8 Å². The normalized spacial score (nSPS) is 17.6. The minimum atomic E-state index is -0.330. The SMILES string of the molecule is CC[C@H](O)c1ccc(N(C)CCN2CCCC2)cc1. The molecule has 0 aromatic heterocycles. The Balaban J connectivity index is 1.86. The molecule has 1 aromatic rings. The van der Waals surface area contributed by atoms with E-state index >= 15 is 0 Å². The lowest BCUT2D eigenvalue weighted by molar-refractivity contribution is 0.173. The predicted molar refractivity (Wildman–Crippen MR) is 80.6 cm³/mol. The van der Waals surface area contributed by atoms with Crippen LogP contribution in [0.1, 0.15) is 37.9 Å². The summed E-state index contributed by atoms with van der Waals surface area (Å²) >= 11 is 0. The lowest BCUT2D eigenvalue weighted by Crippen LogP contribution is -2.31. The first-order valence-corrected chi connectivity index (χ1v) is 7.42. The summed E-state index contributed by atoms with van der Waals surface area (Å²) in [7, 11) is 2.14. The Bertz CT molecular complexity index is 371. The van der Waals surface area contributed by atoms with Gasteiger partial charge in [0.05, 0.1) is 6.10 Å². The van der Waals surface area contributed by atoms with Crippen LogP contribution < -0.4 is 4.90 Å². The minimum absolute atomic E-state index is 0.330. The number of likely N-dealkylation sites (tertiary alicyclic amines) is 1. The van der Waals surface area contributed by atoms with Crippen LogP contribution in [0.15, 0.2) is 24.3 Å². The van der Waals surface area contributed by atoms with Gasteiger partial charge in [0.2, 0.25) is 0 Å². The number of aliphatic hydroxyl groups excluding tert-OH is 1. The van der Waals surface area contributed by atoms with Crippen molar-refractivity contribution in [2.24, 2.45) is 0 Å². The van der Waals surface area contributed by atoms with Gasteiger partial charge in [-0.3, -0.25) is 0 Å². The van der Waals surface area contributed by atoms with Gasteiger partial charge in [-0.15, -0.1) is 0 Å². The molecule has 1 aromatic carbocycles. The molecule has 1 aliphatic rings. The number of anilines is 1. The van der Waals surface area contributed by atoms with Crippen LogP contribution in [0.25, 0.3) is 0 Å². The van der Waals surface area contributed by atoms with Crippen LogP contribution in [-0.2, 0) is 0 Å². The van der Waals surface area contributed by atoms with Crippen LogP contribution in [0.4, 0.5) is 5.69 Å². The zero-order valence-corrected chi connectivity index (χ0v) is 12.2. The molecule has 0 radical (unpaired) electrons. The van der Waals surface area contributed by atoms with Crippen molar-refractivity contribution in [3.05, 3.63) is 29.8 Å². The molecule has 19 heavy (non-hydrogen) atoms. The van der Waals surface area contributed by atoms with Gasteiger partial charge in [-0.25, -0.2) is 0 Å². The molecule has 1 heterocycles. The van der Waals surface area contributed by atoms with E-state index in [2.05, 4.69) is 29.0 Å². The second-order valence-corrected chi connectivity index (χ2v) is 5.49. The van der Waals surface area contributed by atoms with E-state index in [1.54, 1.807) is 0 Å². The van der Waals surface area contributed by atoms with Crippen molar-refractivity contribution in [1.82, 2.24) is 4.90 Å². The lowest BCUT2D eigenvalue weighted by Gasteiger charge is -2.23. The lowest BCUT2D eigenvalue weighted by atomic mass is 10.1. The summed E-state index contributed by atoms with van der Waals surface area (Å²) in [5, 5.41) is 9.79. The van der Waals surface area contributed by atoms with E-state index in [0.717, 1.165) is 25.1 Å². The molecular formula is C16H26N2O. The Morgan fingerprint density at radius 2 is 1.84 bits per heavy atom. The van der Waals surface area contributed by atoms with Crippen molar-refractivity contribution >= 4 is 5.69 Å². The van der Waals surface area contributed by atoms with Gasteiger partial charge in [0.1, 0.15) is 0 Å². The fourth-order valence-electron chi connectivity index (χ4n) is 2.61. The summed E-state index contributed by atoms with van der Waals surface area (Å²) in [6.45, 7) is 6.73. The molecule has 0 amide bonds. The fourth-order valence-corrected chi connectivity index (χ4v) is 2.61. The zero-order chi connectivity index (χ0) is 13.7.